The molecule has 0 heterocycles. The molecule has 1 nitrogen and oxygen atoms in total. The van der Waals surface area contributed by atoms with E-state index < -0.39 is 0 Å². The van der Waals surface area contributed by atoms with Gasteiger partial charge in [0.1, 0.15) is 5.75 Å². The van der Waals surface area contributed by atoms with Crippen LogP contribution in [0.3, 0.4) is 0 Å². The summed E-state index contributed by atoms with van der Waals surface area (Å²) in [6.07, 6.45) is 12.3. The second-order valence-corrected chi connectivity index (χ2v) is 5.37. The largest absolute Gasteiger partial charge is 0.490 e. The Balaban J connectivity index is 2.09. The number of ether oxygens (including phenoxy) is 1. The molecule has 0 saturated heterocycles. The Morgan fingerprint density at radius 1 is 0.842 bits per heavy atom. The minimum Gasteiger partial charge on any atom is -0.490 e. The van der Waals surface area contributed by atoms with Crippen LogP contribution in [0.4, 0.5) is 0 Å². The molecule has 0 radical (unpaired) electrons. The first-order chi connectivity index (χ1) is 9.36. The lowest BCUT2D eigenvalue weighted by molar-refractivity contribution is 0.182. The van der Waals surface area contributed by atoms with Crippen LogP contribution in [0.2, 0.25) is 0 Å². The van der Waals surface area contributed by atoms with Gasteiger partial charge in [0, 0.05) is 0 Å². The molecule has 1 aromatic carbocycles. The highest BCUT2D eigenvalue weighted by Gasteiger charge is 2.07. The van der Waals surface area contributed by atoms with E-state index in [1.165, 1.54) is 51.4 Å². The number of benzene rings is 1. The van der Waals surface area contributed by atoms with Gasteiger partial charge in [-0.2, -0.15) is 0 Å². The molecular formula is C18H30O. The number of hydrogen-bond acceptors (Lipinski definition) is 1. The fourth-order valence-electron chi connectivity index (χ4n) is 2.37. The van der Waals surface area contributed by atoms with Crippen LogP contribution in [-0.4, -0.2) is 6.10 Å². The molecule has 0 spiro atoms. The standard InChI is InChI=1S/C18H30O/c1-3-5-6-7-8-9-11-14-17(4-2)19-18-15-12-10-13-16-18/h10,12-13,15-17H,3-9,11,14H2,1-2H3. The molecule has 0 N–H and O–H groups in total. The molecule has 1 unspecified atom stereocenters. The van der Waals surface area contributed by atoms with E-state index in [4.69, 9.17) is 4.74 Å². The van der Waals surface area contributed by atoms with Crippen molar-refractivity contribution in [2.45, 2.75) is 77.7 Å². The van der Waals surface area contributed by atoms with Gasteiger partial charge in [-0.15, -0.1) is 0 Å². The van der Waals surface area contributed by atoms with Crippen LogP contribution < -0.4 is 4.74 Å². The van der Waals surface area contributed by atoms with Gasteiger partial charge in [0.15, 0.2) is 0 Å². The van der Waals surface area contributed by atoms with E-state index in [0.29, 0.717) is 6.10 Å². The second kappa shape index (κ2) is 10.9. The summed E-state index contributed by atoms with van der Waals surface area (Å²) in [4.78, 5) is 0. The average molecular weight is 262 g/mol. The van der Waals surface area contributed by atoms with Gasteiger partial charge < -0.3 is 4.74 Å². The van der Waals surface area contributed by atoms with Crippen molar-refractivity contribution in [1.29, 1.82) is 0 Å². The van der Waals surface area contributed by atoms with Gasteiger partial charge in [-0.05, 0) is 31.4 Å². The van der Waals surface area contributed by atoms with Crippen LogP contribution in [0, 0.1) is 0 Å². The smallest absolute Gasteiger partial charge is 0.119 e. The quantitative estimate of drug-likeness (QED) is 0.445. The van der Waals surface area contributed by atoms with Gasteiger partial charge in [0.25, 0.3) is 0 Å². The molecule has 108 valence electrons. The summed E-state index contributed by atoms with van der Waals surface area (Å²) in [7, 11) is 0. The maximum Gasteiger partial charge on any atom is 0.119 e. The van der Waals surface area contributed by atoms with Crippen LogP contribution in [0.15, 0.2) is 30.3 Å². The zero-order valence-corrected chi connectivity index (χ0v) is 12.7. The van der Waals surface area contributed by atoms with Crippen LogP contribution in [0.5, 0.6) is 5.75 Å². The molecule has 19 heavy (non-hydrogen) atoms. The summed E-state index contributed by atoms with van der Waals surface area (Å²) in [6, 6.07) is 10.2. The van der Waals surface area contributed by atoms with Crippen molar-refractivity contribution >= 4 is 0 Å². The van der Waals surface area contributed by atoms with E-state index in [9.17, 15) is 0 Å². The van der Waals surface area contributed by atoms with E-state index in [1.807, 2.05) is 30.3 Å². The van der Waals surface area contributed by atoms with Gasteiger partial charge in [0.2, 0.25) is 0 Å². The summed E-state index contributed by atoms with van der Waals surface area (Å²) in [6.45, 7) is 4.49. The van der Waals surface area contributed by atoms with Gasteiger partial charge in [-0.1, -0.05) is 70.6 Å². The van der Waals surface area contributed by atoms with Crippen molar-refractivity contribution in [2.24, 2.45) is 0 Å². The van der Waals surface area contributed by atoms with Crippen LogP contribution in [-0.2, 0) is 0 Å². The second-order valence-electron chi connectivity index (χ2n) is 5.37. The fourth-order valence-corrected chi connectivity index (χ4v) is 2.37. The monoisotopic (exact) mass is 262 g/mol. The van der Waals surface area contributed by atoms with E-state index in [-0.39, 0.29) is 0 Å². The zero-order valence-electron chi connectivity index (χ0n) is 12.7. The lowest BCUT2D eigenvalue weighted by atomic mass is 10.1. The third-order valence-corrected chi connectivity index (χ3v) is 3.63. The Hall–Kier alpha value is -0.980. The lowest BCUT2D eigenvalue weighted by Crippen LogP contribution is -2.15. The third-order valence-electron chi connectivity index (χ3n) is 3.63. The Morgan fingerprint density at radius 3 is 2.11 bits per heavy atom. The first kappa shape index (κ1) is 16.1. The molecule has 0 aliphatic heterocycles. The van der Waals surface area contributed by atoms with Crippen molar-refractivity contribution in [3.63, 3.8) is 0 Å². The zero-order chi connectivity index (χ0) is 13.8. The number of para-hydroxylation sites is 1. The van der Waals surface area contributed by atoms with E-state index in [1.54, 1.807) is 0 Å². The summed E-state index contributed by atoms with van der Waals surface area (Å²) in [5.41, 5.74) is 0. The fraction of sp³-hybridized carbons (Fsp3) is 0.667. The Morgan fingerprint density at radius 2 is 1.47 bits per heavy atom. The number of unbranched alkanes of at least 4 members (excludes halogenated alkanes) is 6. The van der Waals surface area contributed by atoms with Gasteiger partial charge >= 0.3 is 0 Å². The van der Waals surface area contributed by atoms with Crippen LogP contribution >= 0.6 is 0 Å². The predicted octanol–water partition coefficient (Wildman–Crippen LogP) is 5.98. The average Bonchev–Trinajstić information content (AvgIpc) is 2.46. The Kier molecular flexibility index (Phi) is 9.22. The van der Waals surface area contributed by atoms with Crippen molar-refractivity contribution in [1.82, 2.24) is 0 Å². The maximum absolute atomic E-state index is 6.01. The van der Waals surface area contributed by atoms with Crippen LogP contribution in [0.1, 0.15) is 71.6 Å². The van der Waals surface area contributed by atoms with Gasteiger partial charge in [-0.25, -0.2) is 0 Å². The molecule has 1 atom stereocenters. The highest BCUT2D eigenvalue weighted by atomic mass is 16.5. The van der Waals surface area contributed by atoms with E-state index in [2.05, 4.69) is 13.8 Å². The van der Waals surface area contributed by atoms with E-state index in [0.717, 1.165) is 12.2 Å². The van der Waals surface area contributed by atoms with Crippen LogP contribution in [0.25, 0.3) is 0 Å². The first-order valence-corrected chi connectivity index (χ1v) is 8.08. The van der Waals surface area contributed by atoms with Crippen molar-refractivity contribution < 1.29 is 4.74 Å². The molecular weight excluding hydrogens is 232 g/mol. The SMILES string of the molecule is CCCCCCCCCC(CC)Oc1ccccc1. The molecule has 1 heteroatoms. The minimum absolute atomic E-state index is 0.387. The molecule has 1 aromatic rings. The molecule has 0 fully saturated rings. The Labute approximate surface area is 119 Å². The molecule has 1 rings (SSSR count). The van der Waals surface area contributed by atoms with Gasteiger partial charge in [-0.3, -0.25) is 0 Å². The maximum atomic E-state index is 6.01. The molecule has 0 amide bonds. The minimum atomic E-state index is 0.387. The highest BCUT2D eigenvalue weighted by molar-refractivity contribution is 5.21. The number of hydrogen-bond donors (Lipinski definition) is 0. The van der Waals surface area contributed by atoms with Crippen molar-refractivity contribution in [3.05, 3.63) is 30.3 Å². The molecule has 0 aliphatic carbocycles. The summed E-state index contributed by atoms with van der Waals surface area (Å²) >= 11 is 0. The topological polar surface area (TPSA) is 9.23 Å². The van der Waals surface area contributed by atoms with Gasteiger partial charge in [0.05, 0.1) is 6.10 Å². The predicted molar refractivity (Wildman–Crippen MR) is 83.8 cm³/mol. The first-order valence-electron chi connectivity index (χ1n) is 8.08. The summed E-state index contributed by atoms with van der Waals surface area (Å²) < 4.78 is 6.01. The third kappa shape index (κ3) is 7.92. The van der Waals surface area contributed by atoms with Crippen molar-refractivity contribution in [2.75, 3.05) is 0 Å². The molecule has 0 aromatic heterocycles. The number of rotatable bonds is 11. The Bertz CT molecular complexity index is 294. The van der Waals surface area contributed by atoms with E-state index >= 15 is 0 Å². The molecule has 0 saturated carbocycles. The van der Waals surface area contributed by atoms with Crippen molar-refractivity contribution in [3.8, 4) is 5.75 Å². The normalized spacial score (nSPS) is 12.3. The molecule has 0 bridgehead atoms. The molecule has 0 aliphatic rings. The summed E-state index contributed by atoms with van der Waals surface area (Å²) in [5, 5.41) is 0. The lowest BCUT2D eigenvalue weighted by Gasteiger charge is -2.17. The highest BCUT2D eigenvalue weighted by Crippen LogP contribution is 2.17. The summed E-state index contributed by atoms with van der Waals surface area (Å²) in [5.74, 6) is 1.01.